The zero-order chi connectivity index (χ0) is 15.5. The van der Waals surface area contributed by atoms with Gasteiger partial charge in [0.05, 0.1) is 20.3 Å². The molecule has 0 amide bonds. The van der Waals surface area contributed by atoms with Crippen molar-refractivity contribution in [1.29, 1.82) is 0 Å². The Hall–Kier alpha value is -2.00. The van der Waals surface area contributed by atoms with E-state index in [1.807, 2.05) is 19.9 Å². The predicted molar refractivity (Wildman–Crippen MR) is 79.0 cm³/mol. The highest BCUT2D eigenvalue weighted by Gasteiger charge is 2.41. The first-order valence-corrected chi connectivity index (χ1v) is 7.08. The molecule has 1 aliphatic rings. The van der Waals surface area contributed by atoms with Crippen LogP contribution in [0, 0.1) is 0 Å². The number of benzene rings is 1. The summed E-state index contributed by atoms with van der Waals surface area (Å²) >= 11 is 0. The molecule has 0 radical (unpaired) electrons. The van der Waals surface area contributed by atoms with Crippen LogP contribution in [-0.2, 0) is 10.3 Å². The number of methoxy groups -OCH3 is 2. The van der Waals surface area contributed by atoms with Crippen molar-refractivity contribution in [2.24, 2.45) is 4.99 Å². The Balaban J connectivity index is 2.53. The average molecular weight is 291 g/mol. The Morgan fingerprint density at radius 2 is 1.81 bits per heavy atom. The summed E-state index contributed by atoms with van der Waals surface area (Å²) in [6.07, 6.45) is 4.37. The van der Waals surface area contributed by atoms with Gasteiger partial charge in [0.15, 0.2) is 11.5 Å². The quantitative estimate of drug-likeness (QED) is 0.596. The Morgan fingerprint density at radius 3 is 2.24 bits per heavy atom. The molecule has 0 bridgehead atoms. The minimum absolute atomic E-state index is 0.0279. The van der Waals surface area contributed by atoms with Gasteiger partial charge in [0, 0.05) is 11.6 Å². The Morgan fingerprint density at radius 1 is 1.14 bits per heavy atom. The van der Waals surface area contributed by atoms with Gasteiger partial charge in [0.25, 0.3) is 0 Å². The topological polar surface area (TPSA) is 57.1 Å². The second-order valence-electron chi connectivity index (χ2n) is 5.46. The molecule has 0 saturated heterocycles. The number of carbonyl (C=O) groups excluding carboxylic acids is 1. The van der Waals surface area contributed by atoms with Gasteiger partial charge in [0.2, 0.25) is 6.08 Å². The van der Waals surface area contributed by atoms with Crippen LogP contribution in [0.25, 0.3) is 0 Å². The highest BCUT2D eigenvalue weighted by Crippen LogP contribution is 2.50. The molecule has 0 atom stereocenters. The minimum atomic E-state index is -0.531. The third kappa shape index (κ3) is 2.88. The molecule has 0 heterocycles. The summed E-state index contributed by atoms with van der Waals surface area (Å²) in [6, 6.07) is 3.66. The summed E-state index contributed by atoms with van der Waals surface area (Å²) in [5, 5.41) is 0. The molecule has 0 N–H and O–H groups in total. The molecule has 1 aromatic rings. The molecule has 21 heavy (non-hydrogen) atoms. The predicted octanol–water partition coefficient (Wildman–Crippen LogP) is 3.21. The van der Waals surface area contributed by atoms with Crippen molar-refractivity contribution >= 4 is 6.08 Å². The maximum Gasteiger partial charge on any atom is 0.235 e. The number of isocyanates is 1. The smallest absolute Gasteiger partial charge is 0.235 e. The summed E-state index contributed by atoms with van der Waals surface area (Å²) in [5.74, 6) is 1.90. The maximum absolute atomic E-state index is 10.8. The zero-order valence-electron chi connectivity index (χ0n) is 12.9. The van der Waals surface area contributed by atoms with Crippen molar-refractivity contribution in [3.05, 3.63) is 17.7 Å². The number of ether oxygens (including phenoxy) is 3. The van der Waals surface area contributed by atoms with Gasteiger partial charge in [-0.3, -0.25) is 0 Å². The first-order chi connectivity index (χ1) is 10.1. The van der Waals surface area contributed by atoms with E-state index in [2.05, 4.69) is 4.99 Å². The molecule has 2 rings (SSSR count). The normalized spacial score (nSPS) is 15.9. The second-order valence-corrected chi connectivity index (χ2v) is 5.46. The van der Waals surface area contributed by atoms with Gasteiger partial charge in [-0.15, -0.1) is 0 Å². The van der Waals surface area contributed by atoms with E-state index in [1.54, 1.807) is 26.4 Å². The maximum atomic E-state index is 10.8. The highest BCUT2D eigenvalue weighted by atomic mass is 16.5. The van der Waals surface area contributed by atoms with Crippen molar-refractivity contribution in [3.8, 4) is 17.2 Å². The SMILES string of the molecule is COc1cc(C2(N=C=O)CCC2)c(OC)cc1OC(C)C. The summed E-state index contributed by atoms with van der Waals surface area (Å²) < 4.78 is 16.6. The van der Waals surface area contributed by atoms with E-state index in [-0.39, 0.29) is 6.10 Å². The average Bonchev–Trinajstić information content (AvgIpc) is 2.42. The van der Waals surface area contributed by atoms with E-state index in [1.165, 1.54) is 0 Å². The lowest BCUT2D eigenvalue weighted by molar-refractivity contribution is 0.223. The molecule has 114 valence electrons. The van der Waals surface area contributed by atoms with Crippen molar-refractivity contribution in [1.82, 2.24) is 0 Å². The molecule has 0 unspecified atom stereocenters. The van der Waals surface area contributed by atoms with Gasteiger partial charge in [-0.05, 0) is 39.2 Å². The lowest BCUT2D eigenvalue weighted by Gasteiger charge is -2.38. The lowest BCUT2D eigenvalue weighted by atomic mass is 9.72. The van der Waals surface area contributed by atoms with Gasteiger partial charge in [-0.1, -0.05) is 0 Å². The van der Waals surface area contributed by atoms with E-state index in [0.717, 1.165) is 24.8 Å². The van der Waals surface area contributed by atoms with Crippen LogP contribution < -0.4 is 14.2 Å². The van der Waals surface area contributed by atoms with Crippen molar-refractivity contribution < 1.29 is 19.0 Å². The van der Waals surface area contributed by atoms with Crippen molar-refractivity contribution in [2.75, 3.05) is 14.2 Å². The van der Waals surface area contributed by atoms with E-state index in [9.17, 15) is 4.79 Å². The molecule has 1 aliphatic carbocycles. The van der Waals surface area contributed by atoms with Crippen LogP contribution in [-0.4, -0.2) is 26.4 Å². The number of nitrogens with zero attached hydrogens (tertiary/aromatic N) is 1. The minimum Gasteiger partial charge on any atom is -0.496 e. The fraction of sp³-hybridized carbons (Fsp3) is 0.562. The van der Waals surface area contributed by atoms with E-state index >= 15 is 0 Å². The summed E-state index contributed by atoms with van der Waals surface area (Å²) in [7, 11) is 3.19. The summed E-state index contributed by atoms with van der Waals surface area (Å²) in [5.41, 5.74) is 0.323. The third-order valence-electron chi connectivity index (χ3n) is 3.79. The summed E-state index contributed by atoms with van der Waals surface area (Å²) in [6.45, 7) is 3.90. The summed E-state index contributed by atoms with van der Waals surface area (Å²) in [4.78, 5) is 14.8. The number of rotatable bonds is 6. The number of aliphatic imine (C=N–C) groups is 1. The van der Waals surface area contributed by atoms with Crippen molar-refractivity contribution in [2.45, 2.75) is 44.8 Å². The van der Waals surface area contributed by atoms with Crippen LogP contribution in [0.1, 0.15) is 38.7 Å². The molecule has 1 fully saturated rings. The van der Waals surface area contributed by atoms with E-state index in [4.69, 9.17) is 14.2 Å². The van der Waals surface area contributed by atoms with Gasteiger partial charge >= 0.3 is 0 Å². The third-order valence-corrected chi connectivity index (χ3v) is 3.79. The van der Waals surface area contributed by atoms with Crippen LogP contribution in [0.4, 0.5) is 0 Å². The molecule has 5 nitrogen and oxygen atoms in total. The van der Waals surface area contributed by atoms with Gasteiger partial charge in [0.1, 0.15) is 11.3 Å². The zero-order valence-corrected chi connectivity index (χ0v) is 12.9. The van der Waals surface area contributed by atoms with Gasteiger partial charge < -0.3 is 14.2 Å². The molecule has 0 aromatic heterocycles. The van der Waals surface area contributed by atoms with Crippen LogP contribution in [0.15, 0.2) is 17.1 Å². The second kappa shape index (κ2) is 6.19. The van der Waals surface area contributed by atoms with E-state index in [0.29, 0.717) is 17.2 Å². The molecule has 0 spiro atoms. The largest absolute Gasteiger partial charge is 0.496 e. The number of hydrogen-bond acceptors (Lipinski definition) is 5. The molecular weight excluding hydrogens is 270 g/mol. The standard InChI is InChI=1S/C16H21NO4/c1-11(2)21-15-9-13(19-3)12(8-14(15)20-4)16(17-10-18)6-5-7-16/h8-9,11H,5-7H2,1-4H3. The van der Waals surface area contributed by atoms with Crippen LogP contribution in [0.5, 0.6) is 17.2 Å². The van der Waals surface area contributed by atoms with Crippen molar-refractivity contribution in [3.63, 3.8) is 0 Å². The van der Waals surface area contributed by atoms with Gasteiger partial charge in [-0.2, -0.15) is 4.99 Å². The Bertz CT molecular complexity index is 558. The fourth-order valence-electron chi connectivity index (χ4n) is 2.62. The first kappa shape index (κ1) is 15.4. The molecule has 0 aliphatic heterocycles. The van der Waals surface area contributed by atoms with Gasteiger partial charge in [-0.25, -0.2) is 4.79 Å². The highest BCUT2D eigenvalue weighted by molar-refractivity contribution is 5.55. The Labute approximate surface area is 124 Å². The lowest BCUT2D eigenvalue weighted by Crippen LogP contribution is -2.32. The molecule has 5 heteroatoms. The van der Waals surface area contributed by atoms with Crippen LogP contribution >= 0.6 is 0 Å². The van der Waals surface area contributed by atoms with E-state index < -0.39 is 5.54 Å². The van der Waals surface area contributed by atoms with Crippen LogP contribution in [0.2, 0.25) is 0 Å². The molecular formula is C16H21NO4. The van der Waals surface area contributed by atoms with Crippen LogP contribution in [0.3, 0.4) is 0 Å². The Kier molecular flexibility index (Phi) is 4.53. The first-order valence-electron chi connectivity index (χ1n) is 7.08. The number of hydrogen-bond donors (Lipinski definition) is 0. The fourth-order valence-corrected chi connectivity index (χ4v) is 2.62. The molecule has 1 aromatic carbocycles. The monoisotopic (exact) mass is 291 g/mol. The molecule has 1 saturated carbocycles.